The molecule has 0 radical (unpaired) electrons. The van der Waals surface area contributed by atoms with Crippen molar-refractivity contribution >= 4 is 45.2 Å². The number of anilines is 3. The Kier molecular flexibility index (Phi) is 17.4. The fourth-order valence-electron chi connectivity index (χ4n) is 20.6. The first-order chi connectivity index (χ1) is 44.9. The lowest BCUT2D eigenvalue weighted by atomic mass is 9.73. The van der Waals surface area contributed by atoms with Gasteiger partial charge < -0.3 is 53.7 Å². The third-order valence-corrected chi connectivity index (χ3v) is 27.0. The van der Waals surface area contributed by atoms with E-state index in [2.05, 4.69) is 20.0 Å². The van der Waals surface area contributed by atoms with Gasteiger partial charge in [0.15, 0.2) is 0 Å². The van der Waals surface area contributed by atoms with Gasteiger partial charge >= 0.3 is 12.2 Å². The van der Waals surface area contributed by atoms with Crippen molar-refractivity contribution in [2.75, 3.05) is 132 Å². The summed E-state index contributed by atoms with van der Waals surface area (Å²) in [4.78, 5) is 50.9. The number of amides is 3. The Balaban J connectivity index is 0.000000123. The van der Waals surface area contributed by atoms with E-state index >= 15 is 0 Å². The SMILES string of the molecule is CC(=O)N1CC2(CCN(CC3CCN(C(=O)O[C@@H]4CCOC4)CC3)CC2)c2cc(F)ccc21.CS(=O)(=O)N1CC2(CCN(C3CC4CCC(C3)N4C(=O)O[C@@H]3CCOC3)CC2)c2cc(F)ccc21.Fc1ccc2c(c1)C1(CCN(CC3CCC45CC4CCC35)CC1)CN2.[HH]. The molecule has 1 N–H and O–H groups in total. The third-order valence-electron chi connectivity index (χ3n) is 25.9. The summed E-state index contributed by atoms with van der Waals surface area (Å²) in [6, 6.07) is 15.5. The van der Waals surface area contributed by atoms with E-state index in [-0.39, 0.29) is 77.5 Å². The number of hydrogen-bond donors (Lipinski definition) is 1. The topological polar surface area (TPSA) is 157 Å². The summed E-state index contributed by atoms with van der Waals surface area (Å²) in [6.45, 7) is 15.8. The Morgan fingerprint density at radius 3 is 1.80 bits per heavy atom. The van der Waals surface area contributed by atoms with Crippen LogP contribution in [-0.4, -0.2) is 199 Å². The van der Waals surface area contributed by atoms with Crippen LogP contribution in [0, 0.1) is 46.5 Å². The normalized spacial score (nSPS) is 32.1. The number of hydrogen-bond acceptors (Lipinski definition) is 13. The number of ether oxygens (including phenoxy) is 4. The maximum absolute atomic E-state index is 14.2. The maximum Gasteiger partial charge on any atom is 0.410 e. The highest BCUT2D eigenvalue weighted by molar-refractivity contribution is 7.92. The Morgan fingerprint density at radius 1 is 0.613 bits per heavy atom. The van der Waals surface area contributed by atoms with Crippen molar-refractivity contribution in [2.45, 2.75) is 175 Å². The van der Waals surface area contributed by atoms with E-state index in [9.17, 15) is 36.0 Å². The number of fused-ring (bicyclic) bond motifs is 8. The molecule has 8 atom stereocenters. The van der Waals surface area contributed by atoms with Crippen LogP contribution in [0.3, 0.4) is 0 Å². The van der Waals surface area contributed by atoms with Crippen LogP contribution >= 0.6 is 0 Å². The second-order valence-electron chi connectivity index (χ2n) is 30.9. The molecular formula is C72H99F3N8O9S. The molecule has 93 heavy (non-hydrogen) atoms. The monoisotopic (exact) mass is 1310 g/mol. The lowest BCUT2D eigenvalue weighted by Gasteiger charge is -2.47. The number of nitrogens with one attached hydrogen (secondary N) is 1. The van der Waals surface area contributed by atoms with E-state index in [1.165, 1.54) is 98.2 Å². The van der Waals surface area contributed by atoms with Gasteiger partial charge in [-0.05, 0) is 249 Å². The van der Waals surface area contributed by atoms with Gasteiger partial charge in [-0.1, -0.05) is 0 Å². The first-order valence-electron chi connectivity index (χ1n) is 35.5. The number of likely N-dealkylation sites (tertiary alicyclic amines) is 4. The summed E-state index contributed by atoms with van der Waals surface area (Å²) in [5, 5.41) is 3.53. The predicted octanol–water partition coefficient (Wildman–Crippen LogP) is 10.7. The van der Waals surface area contributed by atoms with Gasteiger partial charge in [0.2, 0.25) is 15.9 Å². The molecule has 3 amide bonds. The molecule has 11 heterocycles. The molecule has 11 aliphatic heterocycles. The molecule has 0 aromatic heterocycles. The van der Waals surface area contributed by atoms with Crippen LogP contribution < -0.4 is 14.5 Å². The van der Waals surface area contributed by atoms with Crippen molar-refractivity contribution in [3.8, 4) is 0 Å². The molecule has 17 nitrogen and oxygen atoms in total. The number of rotatable bonds is 8. The van der Waals surface area contributed by atoms with E-state index in [0.29, 0.717) is 57.2 Å². The zero-order valence-electron chi connectivity index (χ0n) is 54.7. The van der Waals surface area contributed by atoms with E-state index < -0.39 is 10.0 Å². The van der Waals surface area contributed by atoms with Crippen LogP contribution in [0.5, 0.6) is 0 Å². The molecule has 17 rings (SSSR count). The molecule has 3 aliphatic carbocycles. The molecule has 3 aromatic carbocycles. The molecule has 2 bridgehead atoms. The number of piperidine rings is 5. The van der Waals surface area contributed by atoms with E-state index in [1.807, 2.05) is 20.8 Å². The molecule has 4 spiro atoms. The van der Waals surface area contributed by atoms with Gasteiger partial charge in [0, 0.05) is 113 Å². The lowest BCUT2D eigenvalue weighted by molar-refractivity contribution is -0.116. The first kappa shape index (κ1) is 63.8. The van der Waals surface area contributed by atoms with Gasteiger partial charge in [-0.2, -0.15) is 0 Å². The molecule has 3 saturated carbocycles. The molecule has 3 aromatic rings. The lowest BCUT2D eigenvalue weighted by Crippen LogP contribution is -2.56. The minimum atomic E-state index is -3.43. The van der Waals surface area contributed by atoms with Gasteiger partial charge in [-0.15, -0.1) is 0 Å². The van der Waals surface area contributed by atoms with Crippen LogP contribution in [0.25, 0.3) is 0 Å². The number of nitrogens with zero attached hydrogens (tertiary/aromatic N) is 7. The van der Waals surface area contributed by atoms with Crippen molar-refractivity contribution in [1.82, 2.24) is 24.5 Å². The van der Waals surface area contributed by atoms with Crippen molar-refractivity contribution in [2.24, 2.45) is 29.1 Å². The number of carbonyl (C=O) groups excluding carboxylic acids is 3. The minimum Gasteiger partial charge on any atom is -0.444 e. The van der Waals surface area contributed by atoms with E-state index in [4.69, 9.17) is 18.9 Å². The molecule has 11 fully saturated rings. The summed E-state index contributed by atoms with van der Waals surface area (Å²) < 4.78 is 90.3. The smallest absolute Gasteiger partial charge is 0.410 e. The Labute approximate surface area is 549 Å². The quantitative estimate of drug-likeness (QED) is 0.228. The standard InChI is InChI=1S/C25H34FN3O5S.C25H34FN3O4.C22H29FN2.H2/c1-35(31,32)28-16-25(22-12-17(26)2-5-23(22)28)7-9-27(10-8-25)20-13-18-3-4-19(14-20)29(18)24(30)34-21-6-11-33-15-21;1-18(30)29-17-25(22-14-20(26)2-3-23(22)29)7-11-27(12-8-25)15-19-4-9-28(10-5-19)24(31)33-21-6-13-32-16-21;23-17-2-4-20-19(11-17)21(14-24-20)7-9-25(10-8-21)13-15-5-6-22-12-16(22)1-3-18(15)22;/h2,5,12,18-21H,3-4,6-11,13-16H2,1H3;2-3,14,19,21H,4-13,15-17H2,1H3;2,4,11,15-16,18,24H,1,3,5-10,12-14H2;1H/t18?,19?,20?,21-;21-;;/m11../s1. The first-order valence-corrected chi connectivity index (χ1v) is 37.4. The van der Waals surface area contributed by atoms with Crippen LogP contribution in [0.1, 0.15) is 147 Å². The number of sulfonamides is 1. The average molecular weight is 1310 g/mol. The Hall–Kier alpha value is -5.19. The largest absolute Gasteiger partial charge is 0.444 e. The van der Waals surface area contributed by atoms with E-state index in [1.54, 1.807) is 43.7 Å². The van der Waals surface area contributed by atoms with Crippen molar-refractivity contribution < 1.29 is 56.3 Å². The highest BCUT2D eigenvalue weighted by Gasteiger charge is 2.66. The van der Waals surface area contributed by atoms with Crippen LogP contribution in [0.2, 0.25) is 0 Å². The molecule has 6 unspecified atom stereocenters. The van der Waals surface area contributed by atoms with Gasteiger partial charge in [0.25, 0.3) is 0 Å². The highest BCUT2D eigenvalue weighted by Crippen LogP contribution is 2.74. The second kappa shape index (κ2) is 25.3. The van der Waals surface area contributed by atoms with Gasteiger partial charge in [-0.25, -0.2) is 31.2 Å². The highest BCUT2D eigenvalue weighted by atomic mass is 32.2. The van der Waals surface area contributed by atoms with Gasteiger partial charge in [0.05, 0.1) is 38.4 Å². The van der Waals surface area contributed by atoms with Crippen molar-refractivity contribution in [1.29, 1.82) is 0 Å². The molecule has 508 valence electrons. The maximum atomic E-state index is 14.2. The van der Waals surface area contributed by atoms with Crippen molar-refractivity contribution in [3.05, 3.63) is 88.7 Å². The number of halogens is 3. The molecular weight excluding hydrogens is 1210 g/mol. The number of benzene rings is 3. The summed E-state index contributed by atoms with van der Waals surface area (Å²) in [5.74, 6) is 3.09. The summed E-state index contributed by atoms with van der Waals surface area (Å²) in [5.41, 5.74) is 6.25. The van der Waals surface area contributed by atoms with Crippen LogP contribution in [0.4, 0.5) is 39.8 Å². The Morgan fingerprint density at radius 2 is 1.18 bits per heavy atom. The Bertz CT molecular complexity index is 3390. The zero-order valence-corrected chi connectivity index (χ0v) is 55.5. The fourth-order valence-corrected chi connectivity index (χ4v) is 21.6. The molecule has 21 heteroatoms. The predicted molar refractivity (Wildman–Crippen MR) is 351 cm³/mol. The molecule has 14 aliphatic rings. The summed E-state index contributed by atoms with van der Waals surface area (Å²) in [6.07, 6.45) is 21.5. The van der Waals surface area contributed by atoms with Crippen molar-refractivity contribution in [3.63, 3.8) is 0 Å². The van der Waals surface area contributed by atoms with Gasteiger partial charge in [-0.3, -0.25) is 9.10 Å². The second-order valence-corrected chi connectivity index (χ2v) is 32.8. The zero-order chi connectivity index (χ0) is 64.0. The fraction of sp³-hybridized carbons (Fsp3) is 0.708. The van der Waals surface area contributed by atoms with Crippen LogP contribution in [0.15, 0.2) is 54.6 Å². The summed E-state index contributed by atoms with van der Waals surface area (Å²) >= 11 is 0. The van der Waals surface area contributed by atoms with Crippen LogP contribution in [-0.2, 0) is 50.0 Å². The summed E-state index contributed by atoms with van der Waals surface area (Å²) in [7, 11) is -3.43. The van der Waals surface area contributed by atoms with Gasteiger partial charge in [0.1, 0.15) is 29.7 Å². The average Bonchev–Trinajstić information content (AvgIpc) is 1.54. The minimum absolute atomic E-state index is 0. The van der Waals surface area contributed by atoms with E-state index in [0.717, 1.165) is 169 Å². The third kappa shape index (κ3) is 12.4. The molecule has 8 saturated heterocycles. The number of carbonyl (C=O) groups is 3.